The molecule has 0 unspecified atom stereocenters. The normalized spacial score (nSPS) is 20.4. The molecule has 0 bridgehead atoms. The first kappa shape index (κ1) is 17.3. The molecule has 2 heterocycles. The monoisotopic (exact) mass is 344 g/mol. The summed E-state index contributed by atoms with van der Waals surface area (Å²) in [7, 11) is 1.88. The second-order valence-corrected chi connectivity index (χ2v) is 6.17. The molecule has 3 N–H and O–H groups in total. The minimum Gasteiger partial charge on any atom is -0.436 e. The molecule has 0 radical (unpaired) electrons. The Morgan fingerprint density at radius 3 is 2.92 bits per heavy atom. The number of ether oxygens (including phenoxy) is 1. The van der Waals surface area contributed by atoms with Crippen LogP contribution in [0.5, 0.6) is 11.6 Å². The van der Waals surface area contributed by atoms with Crippen molar-refractivity contribution < 1.29 is 13.9 Å². The number of carbonyl (C=O) groups excluding carboxylic acids is 1. The van der Waals surface area contributed by atoms with Crippen LogP contribution < -0.4 is 15.8 Å². The van der Waals surface area contributed by atoms with Gasteiger partial charge in [0.25, 0.3) is 0 Å². The summed E-state index contributed by atoms with van der Waals surface area (Å²) in [5, 5.41) is 2.88. The van der Waals surface area contributed by atoms with E-state index in [1.54, 1.807) is 30.5 Å². The van der Waals surface area contributed by atoms with Crippen molar-refractivity contribution in [2.75, 3.05) is 13.6 Å². The highest BCUT2D eigenvalue weighted by Crippen LogP contribution is 2.25. The second kappa shape index (κ2) is 7.58. The quantitative estimate of drug-likeness (QED) is 0.862. The van der Waals surface area contributed by atoms with E-state index < -0.39 is 5.82 Å². The third-order valence-corrected chi connectivity index (χ3v) is 4.23. The van der Waals surface area contributed by atoms with Crippen molar-refractivity contribution in [2.24, 2.45) is 5.73 Å². The summed E-state index contributed by atoms with van der Waals surface area (Å²) in [6.07, 6.45) is 2.19. The molecule has 0 saturated carbocycles. The fourth-order valence-electron chi connectivity index (χ4n) is 2.93. The van der Waals surface area contributed by atoms with Crippen molar-refractivity contribution in [1.29, 1.82) is 0 Å². The van der Waals surface area contributed by atoms with Crippen LogP contribution in [0.15, 0.2) is 42.6 Å². The molecule has 132 valence electrons. The van der Waals surface area contributed by atoms with Gasteiger partial charge in [-0.25, -0.2) is 9.37 Å². The van der Waals surface area contributed by atoms with Crippen molar-refractivity contribution in [3.05, 3.63) is 54.0 Å². The number of hydrogen-bond donors (Lipinski definition) is 2. The maximum Gasteiger partial charge on any atom is 0.237 e. The van der Waals surface area contributed by atoms with Gasteiger partial charge >= 0.3 is 0 Å². The zero-order chi connectivity index (χ0) is 17.8. The lowest BCUT2D eigenvalue weighted by Crippen LogP contribution is -2.41. The van der Waals surface area contributed by atoms with Crippen LogP contribution in [0.2, 0.25) is 0 Å². The van der Waals surface area contributed by atoms with Crippen molar-refractivity contribution in [2.45, 2.75) is 25.0 Å². The van der Waals surface area contributed by atoms with E-state index in [0.717, 1.165) is 0 Å². The van der Waals surface area contributed by atoms with Crippen LogP contribution in [0, 0.1) is 5.82 Å². The third-order valence-electron chi connectivity index (χ3n) is 4.23. The predicted octanol–water partition coefficient (Wildman–Crippen LogP) is 1.66. The number of nitrogens with zero attached hydrogens (tertiary/aromatic N) is 2. The summed E-state index contributed by atoms with van der Waals surface area (Å²) in [5.41, 5.74) is 6.57. The number of benzene rings is 1. The van der Waals surface area contributed by atoms with Gasteiger partial charge in [-0.05, 0) is 31.7 Å². The molecule has 2 aromatic rings. The third kappa shape index (κ3) is 4.12. The van der Waals surface area contributed by atoms with Crippen LogP contribution in [0.25, 0.3) is 0 Å². The first-order valence-electron chi connectivity index (χ1n) is 8.14. The van der Waals surface area contributed by atoms with Crippen molar-refractivity contribution in [1.82, 2.24) is 15.2 Å². The van der Waals surface area contributed by atoms with Gasteiger partial charge in [0.05, 0.1) is 6.04 Å². The smallest absolute Gasteiger partial charge is 0.237 e. The van der Waals surface area contributed by atoms with E-state index in [1.807, 2.05) is 11.9 Å². The standard InChI is InChI=1S/C18H21FN4O2/c1-23-11-13(20)9-15(23)17(24)22-10-12-5-4-8-21-18(12)25-16-7-3-2-6-14(16)19/h2-8,13,15H,9-11,20H2,1H3,(H,22,24)/t13-,15-/m0/s1. The van der Waals surface area contributed by atoms with E-state index in [-0.39, 0.29) is 36.2 Å². The largest absolute Gasteiger partial charge is 0.436 e. The first-order valence-corrected chi connectivity index (χ1v) is 8.14. The number of rotatable bonds is 5. The highest BCUT2D eigenvalue weighted by atomic mass is 19.1. The molecule has 1 aromatic heterocycles. The van der Waals surface area contributed by atoms with E-state index >= 15 is 0 Å². The number of hydrogen-bond acceptors (Lipinski definition) is 5. The lowest BCUT2D eigenvalue weighted by atomic mass is 10.1. The molecule has 1 aliphatic rings. The molecule has 3 rings (SSSR count). The molecule has 1 amide bonds. The molecule has 7 heteroatoms. The average molecular weight is 344 g/mol. The summed E-state index contributed by atoms with van der Waals surface area (Å²) < 4.78 is 19.3. The summed E-state index contributed by atoms with van der Waals surface area (Å²) >= 11 is 0. The number of amides is 1. The number of para-hydroxylation sites is 1. The van der Waals surface area contributed by atoms with Gasteiger partial charge in [0.15, 0.2) is 11.6 Å². The Kier molecular flexibility index (Phi) is 5.25. The van der Waals surface area contributed by atoms with Gasteiger partial charge in [0, 0.05) is 30.9 Å². The fourth-order valence-corrected chi connectivity index (χ4v) is 2.93. The zero-order valence-electron chi connectivity index (χ0n) is 14.0. The SMILES string of the molecule is CN1C[C@@H](N)C[C@H]1C(=O)NCc1cccnc1Oc1ccccc1F. The molecular weight excluding hydrogens is 323 g/mol. The Morgan fingerprint density at radius 1 is 1.40 bits per heavy atom. The summed E-state index contributed by atoms with van der Waals surface area (Å²) in [6.45, 7) is 0.947. The number of likely N-dealkylation sites (tertiary alicyclic amines) is 1. The lowest BCUT2D eigenvalue weighted by Gasteiger charge is -2.18. The molecule has 1 fully saturated rings. The molecule has 0 spiro atoms. The van der Waals surface area contributed by atoms with E-state index in [1.165, 1.54) is 12.1 Å². The molecule has 1 saturated heterocycles. The number of carbonyl (C=O) groups is 1. The number of halogens is 1. The van der Waals surface area contributed by atoms with E-state index in [0.29, 0.717) is 18.5 Å². The fraction of sp³-hybridized carbons (Fsp3) is 0.333. The van der Waals surface area contributed by atoms with Gasteiger partial charge in [-0.1, -0.05) is 18.2 Å². The molecule has 2 atom stereocenters. The summed E-state index contributed by atoms with van der Waals surface area (Å²) in [5.74, 6) is -0.194. The molecule has 1 aliphatic heterocycles. The highest BCUT2D eigenvalue weighted by Gasteiger charge is 2.32. The summed E-state index contributed by atoms with van der Waals surface area (Å²) in [6, 6.07) is 9.43. The average Bonchev–Trinajstić information content (AvgIpc) is 2.94. The van der Waals surface area contributed by atoms with E-state index in [9.17, 15) is 9.18 Å². The Labute approximate surface area is 145 Å². The van der Waals surface area contributed by atoms with Gasteiger partial charge in [-0.3, -0.25) is 9.69 Å². The van der Waals surface area contributed by atoms with Crippen LogP contribution in [-0.2, 0) is 11.3 Å². The van der Waals surface area contributed by atoms with Gasteiger partial charge in [0.2, 0.25) is 11.8 Å². The Hall–Kier alpha value is -2.51. The minimum absolute atomic E-state index is 0.0130. The molecule has 25 heavy (non-hydrogen) atoms. The zero-order valence-corrected chi connectivity index (χ0v) is 14.0. The van der Waals surface area contributed by atoms with E-state index in [2.05, 4.69) is 10.3 Å². The van der Waals surface area contributed by atoms with Crippen molar-refractivity contribution in [3.63, 3.8) is 0 Å². The van der Waals surface area contributed by atoms with Gasteiger partial charge in [-0.2, -0.15) is 0 Å². The topological polar surface area (TPSA) is 80.5 Å². The predicted molar refractivity (Wildman–Crippen MR) is 91.6 cm³/mol. The number of aromatic nitrogens is 1. The first-order chi connectivity index (χ1) is 12.0. The number of pyridine rings is 1. The second-order valence-electron chi connectivity index (χ2n) is 6.17. The number of nitrogens with one attached hydrogen (secondary N) is 1. The number of nitrogens with two attached hydrogens (primary N) is 1. The van der Waals surface area contributed by atoms with Gasteiger partial charge < -0.3 is 15.8 Å². The Balaban J connectivity index is 1.67. The van der Waals surface area contributed by atoms with Crippen LogP contribution in [0.4, 0.5) is 4.39 Å². The summed E-state index contributed by atoms with van der Waals surface area (Å²) in [4.78, 5) is 18.5. The van der Waals surface area contributed by atoms with Crippen LogP contribution >= 0.6 is 0 Å². The maximum atomic E-state index is 13.8. The highest BCUT2D eigenvalue weighted by molar-refractivity contribution is 5.82. The Bertz CT molecular complexity index is 755. The molecule has 6 nitrogen and oxygen atoms in total. The maximum absolute atomic E-state index is 13.8. The van der Waals surface area contributed by atoms with Gasteiger partial charge in [0.1, 0.15) is 0 Å². The molecular formula is C18H21FN4O2. The molecule has 1 aromatic carbocycles. The van der Waals surface area contributed by atoms with Gasteiger partial charge in [-0.15, -0.1) is 0 Å². The number of likely N-dealkylation sites (N-methyl/N-ethyl adjacent to an activating group) is 1. The Morgan fingerprint density at radius 2 is 2.20 bits per heavy atom. The van der Waals surface area contributed by atoms with Crippen molar-refractivity contribution in [3.8, 4) is 11.6 Å². The van der Waals surface area contributed by atoms with Crippen molar-refractivity contribution >= 4 is 5.91 Å². The van der Waals surface area contributed by atoms with Crippen LogP contribution in [0.1, 0.15) is 12.0 Å². The van der Waals surface area contributed by atoms with Crippen LogP contribution in [-0.4, -0.2) is 41.5 Å². The lowest BCUT2D eigenvalue weighted by molar-refractivity contribution is -0.125. The van der Waals surface area contributed by atoms with Crippen LogP contribution in [0.3, 0.4) is 0 Å². The van der Waals surface area contributed by atoms with E-state index in [4.69, 9.17) is 10.5 Å². The minimum atomic E-state index is -0.468. The molecule has 0 aliphatic carbocycles.